The standard InChI is InChI=1S/C14H18N8O2/c1-20-13-9(5-16-20)12(15)17-14(18-13)21-2-3-22-8(6-21)4-10(19-22)11(24)7-23/h4-5,11,23-24H,2-3,6-7H2,1H3,(H2,15,17,18)/t11-/m0/s1. The molecule has 0 aliphatic carbocycles. The van der Waals surface area contributed by atoms with E-state index in [1.165, 1.54) is 0 Å². The summed E-state index contributed by atoms with van der Waals surface area (Å²) in [4.78, 5) is 11.0. The highest BCUT2D eigenvalue weighted by Gasteiger charge is 2.23. The molecule has 126 valence electrons. The van der Waals surface area contributed by atoms with Crippen LogP contribution in [0.25, 0.3) is 11.0 Å². The average molecular weight is 330 g/mol. The van der Waals surface area contributed by atoms with Crippen molar-refractivity contribution in [2.45, 2.75) is 19.2 Å². The fraction of sp³-hybridized carbons (Fsp3) is 0.429. The lowest BCUT2D eigenvalue weighted by Gasteiger charge is -2.27. The maximum absolute atomic E-state index is 9.73. The number of fused-ring (bicyclic) bond motifs is 2. The molecule has 1 aliphatic rings. The minimum absolute atomic E-state index is 0.350. The van der Waals surface area contributed by atoms with Crippen LogP contribution in [0.3, 0.4) is 0 Å². The van der Waals surface area contributed by atoms with Gasteiger partial charge in [0.15, 0.2) is 5.65 Å². The van der Waals surface area contributed by atoms with Crippen LogP contribution in [0.4, 0.5) is 11.8 Å². The second-order valence-corrected chi connectivity index (χ2v) is 5.82. The Bertz CT molecular complexity index is 902. The van der Waals surface area contributed by atoms with E-state index in [-0.39, 0.29) is 6.61 Å². The minimum atomic E-state index is -0.964. The first-order chi connectivity index (χ1) is 11.6. The summed E-state index contributed by atoms with van der Waals surface area (Å²) in [5.74, 6) is 0.943. The zero-order chi connectivity index (χ0) is 16.8. The quantitative estimate of drug-likeness (QED) is 0.568. The third kappa shape index (κ3) is 2.27. The van der Waals surface area contributed by atoms with Gasteiger partial charge in [-0.3, -0.25) is 9.36 Å². The summed E-state index contributed by atoms with van der Waals surface area (Å²) in [7, 11) is 1.81. The van der Waals surface area contributed by atoms with Crippen LogP contribution in [0, 0.1) is 0 Å². The molecule has 0 spiro atoms. The Hall–Kier alpha value is -2.72. The molecule has 10 heteroatoms. The van der Waals surface area contributed by atoms with Crippen molar-refractivity contribution in [3.8, 4) is 0 Å². The molecule has 0 unspecified atom stereocenters. The van der Waals surface area contributed by atoms with E-state index in [0.29, 0.717) is 42.7 Å². The maximum atomic E-state index is 9.73. The monoisotopic (exact) mass is 330 g/mol. The Kier molecular flexibility index (Phi) is 3.36. The third-order valence-electron chi connectivity index (χ3n) is 4.22. The average Bonchev–Trinajstić information content (AvgIpc) is 3.17. The van der Waals surface area contributed by atoms with Gasteiger partial charge in [0.25, 0.3) is 0 Å². The number of nitrogen functional groups attached to an aromatic ring is 1. The Labute approximate surface area is 137 Å². The molecular formula is C14H18N8O2. The second-order valence-electron chi connectivity index (χ2n) is 5.82. The number of aryl methyl sites for hydroxylation is 1. The van der Waals surface area contributed by atoms with E-state index in [2.05, 4.69) is 20.2 Å². The minimum Gasteiger partial charge on any atom is -0.393 e. The molecule has 0 amide bonds. The first-order valence-corrected chi connectivity index (χ1v) is 7.62. The zero-order valence-electron chi connectivity index (χ0n) is 13.2. The molecule has 0 bridgehead atoms. The summed E-state index contributed by atoms with van der Waals surface area (Å²) in [6.07, 6.45) is 0.691. The zero-order valence-corrected chi connectivity index (χ0v) is 13.2. The molecule has 24 heavy (non-hydrogen) atoms. The van der Waals surface area contributed by atoms with Gasteiger partial charge in [0.05, 0.1) is 42.7 Å². The van der Waals surface area contributed by atoms with Crippen molar-refractivity contribution in [3.63, 3.8) is 0 Å². The first kappa shape index (κ1) is 14.8. The Balaban J connectivity index is 1.67. The molecule has 4 rings (SSSR count). The largest absolute Gasteiger partial charge is 0.393 e. The summed E-state index contributed by atoms with van der Waals surface area (Å²) in [5, 5.41) is 28.0. The van der Waals surface area contributed by atoms with Crippen LogP contribution in [-0.4, -0.2) is 52.9 Å². The predicted molar refractivity (Wildman–Crippen MR) is 86.0 cm³/mol. The number of nitrogens with zero attached hydrogens (tertiary/aromatic N) is 7. The van der Waals surface area contributed by atoms with Gasteiger partial charge in [-0.25, -0.2) is 0 Å². The van der Waals surface area contributed by atoms with Crippen molar-refractivity contribution < 1.29 is 10.2 Å². The number of aromatic nitrogens is 6. The van der Waals surface area contributed by atoms with E-state index < -0.39 is 6.10 Å². The number of aliphatic hydroxyl groups is 2. The van der Waals surface area contributed by atoms with E-state index in [0.717, 1.165) is 11.1 Å². The second kappa shape index (κ2) is 5.42. The molecule has 3 aromatic heterocycles. The fourth-order valence-electron chi connectivity index (χ4n) is 2.89. The molecule has 3 aromatic rings. The van der Waals surface area contributed by atoms with Gasteiger partial charge in [-0.2, -0.15) is 20.2 Å². The molecule has 0 aromatic carbocycles. The van der Waals surface area contributed by atoms with Gasteiger partial charge in [-0.1, -0.05) is 0 Å². The van der Waals surface area contributed by atoms with E-state index in [9.17, 15) is 5.11 Å². The van der Waals surface area contributed by atoms with Crippen molar-refractivity contribution in [2.75, 3.05) is 23.8 Å². The Morgan fingerprint density at radius 2 is 2.17 bits per heavy atom. The van der Waals surface area contributed by atoms with Crippen molar-refractivity contribution >= 4 is 22.8 Å². The smallest absolute Gasteiger partial charge is 0.229 e. The van der Waals surface area contributed by atoms with E-state index in [1.54, 1.807) is 16.9 Å². The first-order valence-electron chi connectivity index (χ1n) is 7.62. The Morgan fingerprint density at radius 3 is 2.96 bits per heavy atom. The number of hydrogen-bond acceptors (Lipinski definition) is 8. The van der Waals surface area contributed by atoms with Gasteiger partial charge in [-0.05, 0) is 6.07 Å². The van der Waals surface area contributed by atoms with Crippen LogP contribution in [0.1, 0.15) is 17.5 Å². The van der Waals surface area contributed by atoms with E-state index in [1.807, 2.05) is 16.6 Å². The number of anilines is 2. The molecule has 1 atom stereocenters. The lowest BCUT2D eigenvalue weighted by Crippen LogP contribution is -2.35. The topological polar surface area (TPSA) is 131 Å². The fourth-order valence-corrected chi connectivity index (χ4v) is 2.89. The molecule has 1 aliphatic heterocycles. The lowest BCUT2D eigenvalue weighted by molar-refractivity contribution is 0.0916. The summed E-state index contributed by atoms with van der Waals surface area (Å²) >= 11 is 0. The summed E-state index contributed by atoms with van der Waals surface area (Å²) in [5.41, 5.74) is 8.11. The molecule has 0 saturated heterocycles. The van der Waals surface area contributed by atoms with Crippen molar-refractivity contribution in [2.24, 2.45) is 7.05 Å². The SMILES string of the molecule is Cn1ncc2c(N)nc(N3CCn4nc([C@@H](O)CO)cc4C3)nc21. The highest BCUT2D eigenvalue weighted by Crippen LogP contribution is 2.24. The molecule has 0 fully saturated rings. The van der Waals surface area contributed by atoms with Gasteiger partial charge in [0, 0.05) is 13.6 Å². The van der Waals surface area contributed by atoms with Gasteiger partial charge in [0.1, 0.15) is 11.9 Å². The molecular weight excluding hydrogens is 312 g/mol. The van der Waals surface area contributed by atoms with Crippen molar-refractivity contribution in [3.05, 3.63) is 23.7 Å². The van der Waals surface area contributed by atoms with Gasteiger partial charge in [-0.15, -0.1) is 0 Å². The summed E-state index contributed by atoms with van der Waals surface area (Å²) < 4.78 is 3.50. The molecule has 0 saturated carbocycles. The van der Waals surface area contributed by atoms with Crippen LogP contribution < -0.4 is 10.6 Å². The van der Waals surface area contributed by atoms with Crippen LogP contribution in [0.2, 0.25) is 0 Å². The number of hydrogen-bond donors (Lipinski definition) is 3. The van der Waals surface area contributed by atoms with Crippen molar-refractivity contribution in [1.82, 2.24) is 29.5 Å². The molecule has 4 heterocycles. The normalized spacial score (nSPS) is 15.7. The van der Waals surface area contributed by atoms with Crippen LogP contribution in [0.15, 0.2) is 12.3 Å². The number of nitrogens with two attached hydrogens (primary N) is 1. The van der Waals surface area contributed by atoms with E-state index in [4.69, 9.17) is 10.8 Å². The lowest BCUT2D eigenvalue weighted by atomic mass is 10.2. The highest BCUT2D eigenvalue weighted by atomic mass is 16.3. The van der Waals surface area contributed by atoms with Crippen molar-refractivity contribution in [1.29, 1.82) is 0 Å². The summed E-state index contributed by atoms with van der Waals surface area (Å²) in [6.45, 7) is 1.51. The molecule has 0 radical (unpaired) electrons. The van der Waals surface area contributed by atoms with Gasteiger partial charge < -0.3 is 20.8 Å². The third-order valence-corrected chi connectivity index (χ3v) is 4.22. The number of rotatable bonds is 3. The van der Waals surface area contributed by atoms with E-state index >= 15 is 0 Å². The maximum Gasteiger partial charge on any atom is 0.229 e. The number of aliphatic hydroxyl groups excluding tert-OH is 2. The van der Waals surface area contributed by atoms with Gasteiger partial charge >= 0.3 is 0 Å². The van der Waals surface area contributed by atoms with Gasteiger partial charge in [0.2, 0.25) is 5.95 Å². The Morgan fingerprint density at radius 1 is 1.33 bits per heavy atom. The molecule has 4 N–H and O–H groups in total. The molecule has 10 nitrogen and oxygen atoms in total. The predicted octanol–water partition coefficient (Wildman–Crippen LogP) is -0.812. The van der Waals surface area contributed by atoms with Crippen LogP contribution >= 0.6 is 0 Å². The van der Waals surface area contributed by atoms with Crippen LogP contribution in [0.5, 0.6) is 0 Å². The summed E-state index contributed by atoms with van der Waals surface area (Å²) in [6, 6.07) is 1.79. The van der Waals surface area contributed by atoms with Crippen LogP contribution in [-0.2, 0) is 20.1 Å². The highest BCUT2D eigenvalue weighted by molar-refractivity contribution is 5.86.